The minimum absolute atomic E-state index is 0.0230. The van der Waals surface area contributed by atoms with Crippen molar-refractivity contribution in [3.8, 4) is 5.75 Å². The number of benzene rings is 1. The van der Waals surface area contributed by atoms with E-state index in [9.17, 15) is 8.78 Å². The van der Waals surface area contributed by atoms with Gasteiger partial charge in [0.05, 0.1) is 12.3 Å². The number of oxime groups is 1. The van der Waals surface area contributed by atoms with Crippen molar-refractivity contribution in [1.29, 1.82) is 0 Å². The Morgan fingerprint density at radius 3 is 2.71 bits per heavy atom. The van der Waals surface area contributed by atoms with Crippen molar-refractivity contribution < 1.29 is 23.5 Å². The average Bonchev–Trinajstić information content (AvgIpc) is 2.76. The van der Waals surface area contributed by atoms with Crippen molar-refractivity contribution in [2.24, 2.45) is 5.16 Å². The van der Waals surface area contributed by atoms with Crippen LogP contribution in [0.15, 0.2) is 23.4 Å². The molecule has 0 radical (unpaired) electrons. The van der Waals surface area contributed by atoms with Gasteiger partial charge in [0.25, 0.3) is 0 Å². The zero-order valence-electron chi connectivity index (χ0n) is 8.90. The lowest BCUT2D eigenvalue weighted by molar-refractivity contribution is 0.0446. The number of aliphatic hydroxyl groups excluding tert-OH is 1. The third-order valence-corrected chi connectivity index (χ3v) is 2.31. The highest BCUT2D eigenvalue weighted by Gasteiger charge is 2.22. The van der Waals surface area contributed by atoms with E-state index in [4.69, 9.17) is 14.7 Å². The van der Waals surface area contributed by atoms with Crippen LogP contribution in [0.4, 0.5) is 8.78 Å². The molecule has 0 amide bonds. The van der Waals surface area contributed by atoms with Crippen LogP contribution in [0.2, 0.25) is 0 Å². The summed E-state index contributed by atoms with van der Waals surface area (Å²) in [7, 11) is 0. The number of hydrogen-bond donors (Lipinski definition) is 1. The molecule has 4 nitrogen and oxygen atoms in total. The number of nitrogens with zero attached hydrogens (tertiary/aromatic N) is 1. The van der Waals surface area contributed by atoms with E-state index < -0.39 is 23.5 Å². The lowest BCUT2D eigenvalue weighted by Crippen LogP contribution is -2.19. The molecule has 6 heteroatoms. The van der Waals surface area contributed by atoms with Gasteiger partial charge in [-0.05, 0) is 12.1 Å². The Morgan fingerprint density at radius 2 is 2.12 bits per heavy atom. The molecule has 1 heterocycles. The summed E-state index contributed by atoms with van der Waals surface area (Å²) >= 11 is 0. The fourth-order valence-electron chi connectivity index (χ4n) is 1.47. The molecule has 1 N–H and O–H groups in total. The molecule has 0 spiro atoms. The van der Waals surface area contributed by atoms with Crippen LogP contribution in [0.25, 0.3) is 0 Å². The van der Waals surface area contributed by atoms with Crippen LogP contribution in [0.1, 0.15) is 6.42 Å². The van der Waals surface area contributed by atoms with E-state index in [-0.39, 0.29) is 13.2 Å². The lowest BCUT2D eigenvalue weighted by atomic mass is 10.2. The van der Waals surface area contributed by atoms with Crippen molar-refractivity contribution >= 4 is 5.71 Å². The molecule has 17 heavy (non-hydrogen) atoms. The molecular formula is C11H11F2NO3. The second-order valence-electron chi connectivity index (χ2n) is 3.61. The molecule has 92 valence electrons. The van der Waals surface area contributed by atoms with E-state index in [0.29, 0.717) is 12.1 Å². The summed E-state index contributed by atoms with van der Waals surface area (Å²) in [5.41, 5.74) is 0.493. The first kappa shape index (κ1) is 11.8. The standard InChI is InChI=1S/C11H11F2NO3/c12-9-2-1-3-10(13)11(9)16-6-8-4-7(5-15)14-17-8/h1-3,8,15H,4-6H2. The number of halogens is 2. The Labute approximate surface area is 96.5 Å². The highest BCUT2D eigenvalue weighted by molar-refractivity contribution is 5.86. The van der Waals surface area contributed by atoms with E-state index in [1.165, 1.54) is 6.07 Å². The van der Waals surface area contributed by atoms with Crippen molar-refractivity contribution in [1.82, 2.24) is 0 Å². The highest BCUT2D eigenvalue weighted by atomic mass is 19.1. The first-order chi connectivity index (χ1) is 8.20. The third-order valence-electron chi connectivity index (χ3n) is 2.31. The van der Waals surface area contributed by atoms with Gasteiger partial charge in [0.1, 0.15) is 6.61 Å². The van der Waals surface area contributed by atoms with Gasteiger partial charge in [-0.25, -0.2) is 8.78 Å². The van der Waals surface area contributed by atoms with Gasteiger partial charge in [-0.15, -0.1) is 0 Å². The summed E-state index contributed by atoms with van der Waals surface area (Å²) in [6, 6.07) is 3.49. The van der Waals surface area contributed by atoms with Gasteiger partial charge >= 0.3 is 0 Å². The summed E-state index contributed by atoms with van der Waals surface area (Å²) in [6.45, 7) is -0.213. The van der Waals surface area contributed by atoms with Crippen LogP contribution < -0.4 is 4.74 Å². The monoisotopic (exact) mass is 243 g/mol. The first-order valence-corrected chi connectivity index (χ1v) is 5.10. The van der Waals surface area contributed by atoms with Crippen LogP contribution in [0.3, 0.4) is 0 Å². The van der Waals surface area contributed by atoms with Crippen molar-refractivity contribution in [2.75, 3.05) is 13.2 Å². The van der Waals surface area contributed by atoms with Gasteiger partial charge < -0.3 is 14.7 Å². The number of hydrogen-bond acceptors (Lipinski definition) is 4. The Bertz CT molecular complexity index is 416. The maximum absolute atomic E-state index is 13.2. The molecule has 0 saturated carbocycles. The molecular weight excluding hydrogens is 232 g/mol. The summed E-state index contributed by atoms with van der Waals surface area (Å²) < 4.78 is 31.4. The van der Waals surface area contributed by atoms with Crippen LogP contribution in [0.5, 0.6) is 5.75 Å². The van der Waals surface area contributed by atoms with Crippen LogP contribution >= 0.6 is 0 Å². The van der Waals surface area contributed by atoms with E-state index in [1.807, 2.05) is 0 Å². The number of rotatable bonds is 4. The summed E-state index contributed by atoms with van der Waals surface area (Å²) in [5.74, 6) is -1.94. The molecule has 0 aromatic heterocycles. The molecule has 1 atom stereocenters. The molecule has 2 rings (SSSR count). The third kappa shape index (κ3) is 2.71. The quantitative estimate of drug-likeness (QED) is 0.871. The topological polar surface area (TPSA) is 51.1 Å². The predicted octanol–water partition coefficient (Wildman–Crippen LogP) is 1.48. The molecule has 1 unspecified atom stereocenters. The predicted molar refractivity (Wildman–Crippen MR) is 55.9 cm³/mol. The fourth-order valence-corrected chi connectivity index (χ4v) is 1.47. The average molecular weight is 243 g/mol. The molecule has 1 aliphatic rings. The zero-order chi connectivity index (χ0) is 12.3. The van der Waals surface area contributed by atoms with Gasteiger partial charge in [-0.1, -0.05) is 11.2 Å². The maximum Gasteiger partial charge on any atom is 0.190 e. The van der Waals surface area contributed by atoms with Gasteiger partial charge in [-0.3, -0.25) is 0 Å². The van der Waals surface area contributed by atoms with Crippen LogP contribution in [0, 0.1) is 11.6 Å². The molecule has 0 saturated heterocycles. The van der Waals surface area contributed by atoms with E-state index in [2.05, 4.69) is 5.16 Å². The summed E-state index contributed by atoms with van der Waals surface area (Å²) in [5, 5.41) is 12.4. The van der Waals surface area contributed by atoms with Gasteiger partial charge in [0.2, 0.25) is 0 Å². The smallest absolute Gasteiger partial charge is 0.190 e. The number of para-hydroxylation sites is 1. The molecule has 1 aromatic rings. The minimum Gasteiger partial charge on any atom is -0.484 e. The Kier molecular flexibility index (Phi) is 3.53. The highest BCUT2D eigenvalue weighted by Crippen LogP contribution is 2.22. The second-order valence-corrected chi connectivity index (χ2v) is 3.61. The molecule has 1 aliphatic heterocycles. The summed E-state index contributed by atoms with van der Waals surface area (Å²) in [4.78, 5) is 4.92. The van der Waals surface area contributed by atoms with Crippen LogP contribution in [-0.4, -0.2) is 30.1 Å². The number of ether oxygens (including phenoxy) is 1. The fraction of sp³-hybridized carbons (Fsp3) is 0.364. The summed E-state index contributed by atoms with van der Waals surface area (Å²) in [6.07, 6.45) is -0.0248. The Balaban J connectivity index is 1.91. The van der Waals surface area contributed by atoms with E-state index in [1.54, 1.807) is 0 Å². The van der Waals surface area contributed by atoms with E-state index >= 15 is 0 Å². The van der Waals surface area contributed by atoms with Crippen molar-refractivity contribution in [2.45, 2.75) is 12.5 Å². The largest absolute Gasteiger partial charge is 0.484 e. The maximum atomic E-state index is 13.2. The number of aliphatic hydroxyl groups is 1. The van der Waals surface area contributed by atoms with Gasteiger partial charge in [0.15, 0.2) is 23.5 Å². The van der Waals surface area contributed by atoms with Crippen molar-refractivity contribution in [3.63, 3.8) is 0 Å². The van der Waals surface area contributed by atoms with Gasteiger partial charge in [-0.2, -0.15) is 0 Å². The SMILES string of the molecule is OCC1=NOC(COc2c(F)cccc2F)C1. The Hall–Kier alpha value is -1.69. The normalized spacial score (nSPS) is 18.8. The Morgan fingerprint density at radius 1 is 1.41 bits per heavy atom. The van der Waals surface area contributed by atoms with Crippen LogP contribution in [-0.2, 0) is 4.84 Å². The molecule has 0 bridgehead atoms. The van der Waals surface area contributed by atoms with E-state index in [0.717, 1.165) is 12.1 Å². The zero-order valence-corrected chi connectivity index (χ0v) is 8.90. The van der Waals surface area contributed by atoms with Crippen molar-refractivity contribution in [3.05, 3.63) is 29.8 Å². The lowest BCUT2D eigenvalue weighted by Gasteiger charge is -2.11. The molecule has 0 aliphatic carbocycles. The minimum atomic E-state index is -0.758. The second kappa shape index (κ2) is 5.09. The first-order valence-electron chi connectivity index (χ1n) is 5.10. The van der Waals surface area contributed by atoms with Gasteiger partial charge in [0, 0.05) is 6.42 Å². The molecule has 0 fully saturated rings. The molecule has 1 aromatic carbocycles.